The highest BCUT2D eigenvalue weighted by molar-refractivity contribution is 5.78. The molecule has 0 fully saturated rings. The van der Waals surface area contributed by atoms with Gasteiger partial charge in [-0.15, -0.1) is 0 Å². The average molecular weight is 292 g/mol. The highest BCUT2D eigenvalue weighted by Gasteiger charge is 2.14. The Morgan fingerprint density at radius 1 is 1.29 bits per heavy atom. The summed E-state index contributed by atoms with van der Waals surface area (Å²) < 4.78 is 5.23. The van der Waals surface area contributed by atoms with E-state index in [4.69, 9.17) is 4.74 Å². The maximum Gasteiger partial charge on any atom is 0.222 e. The molecule has 0 atom stereocenters. The van der Waals surface area contributed by atoms with Gasteiger partial charge in [-0.05, 0) is 19.9 Å². The second-order valence-electron chi connectivity index (χ2n) is 5.14. The Hall–Kier alpha value is -2.04. The number of hydrogen-bond donors (Lipinski definition) is 1. The number of carbonyl (C=O) groups is 2. The lowest BCUT2D eigenvalue weighted by Crippen LogP contribution is -2.38. The van der Waals surface area contributed by atoms with Crippen molar-refractivity contribution >= 4 is 11.8 Å². The molecular weight excluding hydrogens is 268 g/mol. The first kappa shape index (κ1) is 17.0. The average Bonchev–Trinajstić information content (AvgIpc) is 2.44. The SMILES string of the molecule is COc1ccccc1CNC(=O)CCN(C(C)=O)C(C)C. The summed E-state index contributed by atoms with van der Waals surface area (Å²) in [4.78, 5) is 25.0. The summed E-state index contributed by atoms with van der Waals surface area (Å²) in [6, 6.07) is 7.66. The zero-order valence-electron chi connectivity index (χ0n) is 13.2. The molecule has 0 saturated heterocycles. The predicted molar refractivity (Wildman–Crippen MR) is 82.0 cm³/mol. The Morgan fingerprint density at radius 2 is 1.95 bits per heavy atom. The van der Waals surface area contributed by atoms with Gasteiger partial charge in [0.25, 0.3) is 0 Å². The fourth-order valence-electron chi connectivity index (χ4n) is 2.13. The molecule has 5 heteroatoms. The van der Waals surface area contributed by atoms with Crippen LogP contribution in [-0.4, -0.2) is 36.4 Å². The Morgan fingerprint density at radius 3 is 2.52 bits per heavy atom. The van der Waals surface area contributed by atoms with Crippen molar-refractivity contribution in [1.82, 2.24) is 10.2 Å². The minimum absolute atomic E-state index is 0.0115. The van der Waals surface area contributed by atoms with Gasteiger partial charge in [0.15, 0.2) is 0 Å². The molecule has 1 N–H and O–H groups in total. The number of rotatable bonds is 7. The molecule has 0 spiro atoms. The smallest absolute Gasteiger partial charge is 0.222 e. The fraction of sp³-hybridized carbons (Fsp3) is 0.500. The maximum atomic E-state index is 11.9. The van der Waals surface area contributed by atoms with Gasteiger partial charge in [0.1, 0.15) is 5.75 Å². The zero-order valence-corrected chi connectivity index (χ0v) is 13.2. The monoisotopic (exact) mass is 292 g/mol. The van der Waals surface area contributed by atoms with Gasteiger partial charge in [0, 0.05) is 38.0 Å². The van der Waals surface area contributed by atoms with E-state index < -0.39 is 0 Å². The summed E-state index contributed by atoms with van der Waals surface area (Å²) in [6.07, 6.45) is 0.299. The van der Waals surface area contributed by atoms with Crippen molar-refractivity contribution in [2.45, 2.75) is 39.8 Å². The van der Waals surface area contributed by atoms with Crippen LogP contribution in [0.3, 0.4) is 0 Å². The van der Waals surface area contributed by atoms with Gasteiger partial charge < -0.3 is 15.0 Å². The number of amides is 2. The van der Waals surface area contributed by atoms with Gasteiger partial charge in [-0.25, -0.2) is 0 Å². The Bertz CT molecular complexity index is 486. The molecule has 1 aromatic rings. The molecule has 1 rings (SSSR count). The lowest BCUT2D eigenvalue weighted by Gasteiger charge is -2.25. The molecule has 5 nitrogen and oxygen atoms in total. The van der Waals surface area contributed by atoms with Crippen molar-refractivity contribution in [2.24, 2.45) is 0 Å². The quantitative estimate of drug-likeness (QED) is 0.835. The van der Waals surface area contributed by atoms with E-state index >= 15 is 0 Å². The number of hydrogen-bond acceptors (Lipinski definition) is 3. The number of para-hydroxylation sites is 1. The molecule has 0 aliphatic rings. The number of carbonyl (C=O) groups excluding carboxylic acids is 2. The van der Waals surface area contributed by atoms with Crippen LogP contribution in [0.1, 0.15) is 32.8 Å². The third kappa shape index (κ3) is 5.45. The van der Waals surface area contributed by atoms with Gasteiger partial charge in [0.2, 0.25) is 11.8 Å². The van der Waals surface area contributed by atoms with E-state index in [1.165, 1.54) is 6.92 Å². The largest absolute Gasteiger partial charge is 0.496 e. The number of methoxy groups -OCH3 is 1. The van der Waals surface area contributed by atoms with Crippen LogP contribution in [-0.2, 0) is 16.1 Å². The standard InChI is InChI=1S/C16H24N2O3/c1-12(2)18(13(3)19)10-9-16(20)17-11-14-7-5-6-8-15(14)21-4/h5-8,12H,9-11H2,1-4H3,(H,17,20). The summed E-state index contributed by atoms with van der Waals surface area (Å²) in [7, 11) is 1.61. The van der Waals surface area contributed by atoms with Crippen molar-refractivity contribution in [1.29, 1.82) is 0 Å². The zero-order chi connectivity index (χ0) is 15.8. The van der Waals surface area contributed by atoms with Gasteiger partial charge >= 0.3 is 0 Å². The van der Waals surface area contributed by atoms with E-state index in [-0.39, 0.29) is 17.9 Å². The number of benzene rings is 1. The molecule has 0 unspecified atom stereocenters. The van der Waals surface area contributed by atoms with Crippen LogP contribution in [0.5, 0.6) is 5.75 Å². The summed E-state index contributed by atoms with van der Waals surface area (Å²) in [5.41, 5.74) is 0.931. The van der Waals surface area contributed by atoms with Gasteiger partial charge in [0.05, 0.1) is 7.11 Å². The van der Waals surface area contributed by atoms with Crippen molar-refractivity contribution in [3.8, 4) is 5.75 Å². The second kappa shape index (κ2) is 8.29. The van der Waals surface area contributed by atoms with E-state index in [0.29, 0.717) is 19.5 Å². The molecule has 2 amide bonds. The van der Waals surface area contributed by atoms with Crippen molar-refractivity contribution in [3.05, 3.63) is 29.8 Å². The third-order valence-corrected chi connectivity index (χ3v) is 3.28. The number of ether oxygens (including phenoxy) is 1. The lowest BCUT2D eigenvalue weighted by molar-refractivity contribution is -0.131. The van der Waals surface area contributed by atoms with Crippen molar-refractivity contribution in [3.63, 3.8) is 0 Å². The summed E-state index contributed by atoms with van der Waals surface area (Å²) in [5, 5.41) is 2.85. The van der Waals surface area contributed by atoms with Crippen LogP contribution in [0.15, 0.2) is 24.3 Å². The number of nitrogens with zero attached hydrogens (tertiary/aromatic N) is 1. The molecule has 0 aliphatic heterocycles. The topological polar surface area (TPSA) is 58.6 Å². The first-order valence-corrected chi connectivity index (χ1v) is 7.11. The molecule has 21 heavy (non-hydrogen) atoms. The first-order chi connectivity index (χ1) is 9.95. The summed E-state index contributed by atoms with van der Waals surface area (Å²) in [5.74, 6) is 0.667. The molecule has 0 aromatic heterocycles. The van der Waals surface area contributed by atoms with Crippen LogP contribution >= 0.6 is 0 Å². The summed E-state index contributed by atoms with van der Waals surface area (Å²) >= 11 is 0. The van der Waals surface area contributed by atoms with Gasteiger partial charge in [-0.2, -0.15) is 0 Å². The molecule has 0 saturated carbocycles. The molecule has 0 radical (unpaired) electrons. The van der Waals surface area contributed by atoms with Crippen LogP contribution in [0, 0.1) is 0 Å². The highest BCUT2D eigenvalue weighted by Crippen LogP contribution is 2.16. The minimum Gasteiger partial charge on any atom is -0.496 e. The maximum absolute atomic E-state index is 11.9. The molecular formula is C16H24N2O3. The highest BCUT2D eigenvalue weighted by atomic mass is 16.5. The Balaban J connectivity index is 2.46. The van der Waals surface area contributed by atoms with Gasteiger partial charge in [-0.3, -0.25) is 9.59 Å². The van der Waals surface area contributed by atoms with Crippen LogP contribution in [0.2, 0.25) is 0 Å². The molecule has 0 aliphatic carbocycles. The molecule has 0 bridgehead atoms. The predicted octanol–water partition coefficient (Wildman–Crippen LogP) is 1.96. The lowest BCUT2D eigenvalue weighted by atomic mass is 10.2. The minimum atomic E-state index is -0.0761. The normalized spacial score (nSPS) is 10.3. The van der Waals surface area contributed by atoms with Crippen LogP contribution < -0.4 is 10.1 Å². The third-order valence-electron chi connectivity index (χ3n) is 3.28. The van der Waals surface area contributed by atoms with E-state index in [2.05, 4.69) is 5.32 Å². The Labute approximate surface area is 126 Å². The number of nitrogens with one attached hydrogen (secondary N) is 1. The molecule has 1 aromatic carbocycles. The van der Waals surface area contributed by atoms with Crippen molar-refractivity contribution in [2.75, 3.05) is 13.7 Å². The van der Waals surface area contributed by atoms with Gasteiger partial charge in [-0.1, -0.05) is 18.2 Å². The van der Waals surface area contributed by atoms with Crippen molar-refractivity contribution < 1.29 is 14.3 Å². The van der Waals surface area contributed by atoms with E-state index in [9.17, 15) is 9.59 Å². The van der Waals surface area contributed by atoms with Crippen LogP contribution in [0.25, 0.3) is 0 Å². The summed E-state index contributed by atoms with van der Waals surface area (Å²) in [6.45, 7) is 6.25. The Kier molecular flexibility index (Phi) is 6.72. The first-order valence-electron chi connectivity index (χ1n) is 7.11. The van der Waals surface area contributed by atoms with E-state index in [1.807, 2.05) is 38.1 Å². The van der Waals surface area contributed by atoms with E-state index in [1.54, 1.807) is 12.0 Å². The second-order valence-corrected chi connectivity index (χ2v) is 5.14. The molecule has 0 heterocycles. The van der Waals surface area contributed by atoms with E-state index in [0.717, 1.165) is 11.3 Å². The van der Waals surface area contributed by atoms with Crippen LogP contribution in [0.4, 0.5) is 0 Å². The fourth-order valence-corrected chi connectivity index (χ4v) is 2.13. The molecule has 116 valence electrons.